The van der Waals surface area contributed by atoms with E-state index in [0.717, 1.165) is 11.1 Å². The van der Waals surface area contributed by atoms with Gasteiger partial charge in [0, 0.05) is 5.56 Å². The first-order valence-electron chi connectivity index (χ1n) is 12.0. The molecule has 3 heterocycles. The van der Waals surface area contributed by atoms with Gasteiger partial charge in [-0.05, 0) is 48.4 Å². The summed E-state index contributed by atoms with van der Waals surface area (Å²) >= 11 is 1.23. The van der Waals surface area contributed by atoms with E-state index in [2.05, 4.69) is 0 Å². The van der Waals surface area contributed by atoms with Gasteiger partial charge in [-0.3, -0.25) is 9.36 Å². The summed E-state index contributed by atoms with van der Waals surface area (Å²) in [6, 6.07) is 20.5. The summed E-state index contributed by atoms with van der Waals surface area (Å²) in [5.74, 6) is 0.720. The maximum absolute atomic E-state index is 13.9. The average Bonchev–Trinajstić information content (AvgIpc) is 3.53. The van der Waals surface area contributed by atoms with Gasteiger partial charge in [0.25, 0.3) is 5.56 Å². The smallest absolute Gasteiger partial charge is 0.338 e. The molecule has 1 unspecified atom stereocenters. The number of aromatic nitrogens is 1. The van der Waals surface area contributed by atoms with E-state index in [1.165, 1.54) is 15.9 Å². The lowest BCUT2D eigenvalue weighted by molar-refractivity contribution is -0.138. The van der Waals surface area contributed by atoms with Crippen LogP contribution >= 0.6 is 11.3 Å². The van der Waals surface area contributed by atoms with Gasteiger partial charge in [-0.1, -0.05) is 59.9 Å². The van der Waals surface area contributed by atoms with E-state index in [1.54, 1.807) is 49.4 Å². The van der Waals surface area contributed by atoms with Crippen molar-refractivity contribution in [3.63, 3.8) is 0 Å². The van der Waals surface area contributed by atoms with Gasteiger partial charge in [-0.25, -0.2) is 9.79 Å². The quantitative estimate of drug-likeness (QED) is 0.401. The van der Waals surface area contributed by atoms with Gasteiger partial charge in [0.05, 0.1) is 28.5 Å². The van der Waals surface area contributed by atoms with E-state index < -0.39 is 12.0 Å². The standard InChI is InChI=1S/C29H22N2O6S/c1-2-35-28(34)24-25(18-6-4-3-5-7-18)30-29-31(26(24)19-10-13-21-22(15-19)37-16-36-21)27(33)23(38-29)14-17-8-11-20(32)12-9-17/h3-15,26,32H,2,16H2,1H3. The molecule has 0 spiro atoms. The van der Waals surface area contributed by atoms with Gasteiger partial charge < -0.3 is 19.3 Å². The van der Waals surface area contributed by atoms with Crippen molar-refractivity contribution >= 4 is 29.1 Å². The third-order valence-corrected chi connectivity index (χ3v) is 7.26. The topological polar surface area (TPSA) is 99.4 Å². The zero-order valence-corrected chi connectivity index (χ0v) is 21.1. The Balaban J connectivity index is 1.64. The molecule has 0 radical (unpaired) electrons. The van der Waals surface area contributed by atoms with Crippen molar-refractivity contribution < 1.29 is 24.1 Å². The highest BCUT2D eigenvalue weighted by atomic mass is 32.1. The highest BCUT2D eigenvalue weighted by Gasteiger charge is 2.36. The van der Waals surface area contributed by atoms with Crippen LogP contribution in [0.2, 0.25) is 0 Å². The van der Waals surface area contributed by atoms with E-state index in [9.17, 15) is 14.7 Å². The summed E-state index contributed by atoms with van der Waals surface area (Å²) in [7, 11) is 0. The van der Waals surface area contributed by atoms with Crippen LogP contribution in [0.4, 0.5) is 0 Å². The van der Waals surface area contributed by atoms with Crippen molar-refractivity contribution in [2.24, 2.45) is 4.99 Å². The highest BCUT2D eigenvalue weighted by molar-refractivity contribution is 7.07. The second-order valence-corrected chi connectivity index (χ2v) is 9.64. The zero-order chi connectivity index (χ0) is 26.2. The van der Waals surface area contributed by atoms with Gasteiger partial charge in [0.1, 0.15) is 5.75 Å². The Bertz CT molecular complexity index is 1750. The van der Waals surface area contributed by atoms with Crippen LogP contribution in [0.25, 0.3) is 11.8 Å². The zero-order valence-electron chi connectivity index (χ0n) is 20.3. The Labute approximate surface area is 221 Å². The largest absolute Gasteiger partial charge is 0.508 e. The number of phenolic OH excluding ortho intramolecular Hbond substituents is 1. The molecule has 0 saturated heterocycles. The number of phenols is 1. The first kappa shape index (κ1) is 23.7. The molecule has 0 fully saturated rings. The average molecular weight is 527 g/mol. The van der Waals surface area contributed by atoms with Crippen LogP contribution in [0.5, 0.6) is 17.2 Å². The molecule has 0 amide bonds. The van der Waals surface area contributed by atoms with Crippen LogP contribution in [0.15, 0.2) is 88.2 Å². The number of carbonyl (C=O) groups is 1. The number of ether oxygens (including phenoxy) is 3. The van der Waals surface area contributed by atoms with Gasteiger partial charge in [0.2, 0.25) is 6.79 Å². The first-order valence-corrected chi connectivity index (χ1v) is 12.8. The molecule has 1 aromatic heterocycles. The molecule has 0 aliphatic carbocycles. The number of esters is 1. The van der Waals surface area contributed by atoms with E-state index in [4.69, 9.17) is 19.2 Å². The predicted molar refractivity (Wildman–Crippen MR) is 142 cm³/mol. The molecule has 8 nitrogen and oxygen atoms in total. The molecule has 0 bridgehead atoms. The number of aromatic hydroxyl groups is 1. The van der Waals surface area contributed by atoms with Crippen molar-refractivity contribution in [2.75, 3.05) is 13.4 Å². The summed E-state index contributed by atoms with van der Waals surface area (Å²) < 4.78 is 18.6. The van der Waals surface area contributed by atoms with Crippen molar-refractivity contribution in [1.29, 1.82) is 0 Å². The van der Waals surface area contributed by atoms with E-state index >= 15 is 0 Å². The maximum Gasteiger partial charge on any atom is 0.338 e. The molecule has 4 aromatic rings. The summed E-state index contributed by atoms with van der Waals surface area (Å²) in [6.07, 6.45) is 1.75. The predicted octanol–water partition coefficient (Wildman–Crippen LogP) is 3.37. The molecular formula is C29H22N2O6S. The van der Waals surface area contributed by atoms with Gasteiger partial charge >= 0.3 is 5.97 Å². The van der Waals surface area contributed by atoms with Crippen LogP contribution in [0.1, 0.15) is 29.7 Å². The van der Waals surface area contributed by atoms with Crippen LogP contribution < -0.4 is 24.4 Å². The Morgan fingerprint density at radius 2 is 1.87 bits per heavy atom. The van der Waals surface area contributed by atoms with E-state index in [0.29, 0.717) is 32.1 Å². The van der Waals surface area contributed by atoms with Gasteiger partial charge in [0.15, 0.2) is 16.3 Å². The van der Waals surface area contributed by atoms with Crippen molar-refractivity contribution in [2.45, 2.75) is 13.0 Å². The minimum absolute atomic E-state index is 0.101. The second-order valence-electron chi connectivity index (χ2n) is 8.64. The van der Waals surface area contributed by atoms with E-state index in [-0.39, 0.29) is 30.3 Å². The molecule has 2 aliphatic heterocycles. The Morgan fingerprint density at radius 1 is 1.11 bits per heavy atom. The number of fused-ring (bicyclic) bond motifs is 2. The first-order chi connectivity index (χ1) is 18.5. The molecule has 6 rings (SSSR count). The molecular weight excluding hydrogens is 504 g/mol. The molecule has 3 aromatic carbocycles. The summed E-state index contributed by atoms with van der Waals surface area (Å²) in [4.78, 5) is 32.7. The lowest BCUT2D eigenvalue weighted by atomic mass is 9.93. The fourth-order valence-corrected chi connectivity index (χ4v) is 5.56. The molecule has 1 atom stereocenters. The molecule has 38 heavy (non-hydrogen) atoms. The van der Waals surface area contributed by atoms with Crippen molar-refractivity contribution in [1.82, 2.24) is 4.57 Å². The van der Waals surface area contributed by atoms with Crippen molar-refractivity contribution in [3.05, 3.63) is 115 Å². The van der Waals surface area contributed by atoms with Gasteiger partial charge in [-0.2, -0.15) is 0 Å². The second kappa shape index (κ2) is 9.68. The lowest BCUT2D eigenvalue weighted by Gasteiger charge is -2.26. The van der Waals surface area contributed by atoms with Crippen molar-refractivity contribution in [3.8, 4) is 17.2 Å². The Kier molecular flexibility index (Phi) is 6.05. The number of nitrogens with zero attached hydrogens (tertiary/aromatic N) is 2. The van der Waals surface area contributed by atoms with Crippen LogP contribution in [0.3, 0.4) is 0 Å². The van der Waals surface area contributed by atoms with E-state index in [1.807, 2.05) is 36.4 Å². The molecule has 9 heteroatoms. The molecule has 1 N–H and O–H groups in total. The number of carbonyl (C=O) groups excluding carboxylic acids is 1. The molecule has 190 valence electrons. The summed E-state index contributed by atoms with van der Waals surface area (Å²) in [5, 5.41) is 9.64. The Hall–Kier alpha value is -4.63. The number of thiazole rings is 1. The normalized spacial score (nSPS) is 16.2. The third kappa shape index (κ3) is 4.16. The number of hydrogen-bond donors (Lipinski definition) is 1. The SMILES string of the molecule is CCOC(=O)C1=C(c2ccccc2)N=c2sc(=Cc3ccc(O)cc3)c(=O)n2C1c1ccc2c(c1)OCO2. The van der Waals surface area contributed by atoms with Crippen LogP contribution in [-0.4, -0.2) is 29.0 Å². The summed E-state index contributed by atoms with van der Waals surface area (Å²) in [6.45, 7) is 2.01. The fourth-order valence-electron chi connectivity index (χ4n) is 4.56. The minimum atomic E-state index is -0.808. The third-order valence-electron chi connectivity index (χ3n) is 6.28. The monoisotopic (exact) mass is 526 g/mol. The number of hydrogen-bond acceptors (Lipinski definition) is 8. The van der Waals surface area contributed by atoms with Crippen LogP contribution in [-0.2, 0) is 9.53 Å². The van der Waals surface area contributed by atoms with Gasteiger partial charge in [-0.15, -0.1) is 0 Å². The summed E-state index contributed by atoms with van der Waals surface area (Å²) in [5.41, 5.74) is 2.57. The lowest BCUT2D eigenvalue weighted by Crippen LogP contribution is -2.40. The maximum atomic E-state index is 13.9. The highest BCUT2D eigenvalue weighted by Crippen LogP contribution is 2.40. The molecule has 0 saturated carbocycles. The number of rotatable bonds is 5. The van der Waals surface area contributed by atoms with Crippen LogP contribution in [0, 0.1) is 0 Å². The minimum Gasteiger partial charge on any atom is -0.508 e. The fraction of sp³-hybridized carbons (Fsp3) is 0.138. The Morgan fingerprint density at radius 3 is 2.63 bits per heavy atom. The number of benzene rings is 3. The molecule has 2 aliphatic rings.